The van der Waals surface area contributed by atoms with E-state index in [2.05, 4.69) is 36.3 Å². The Kier molecular flexibility index (Phi) is 28.2. The predicted molar refractivity (Wildman–Crippen MR) is 233 cm³/mol. The molecule has 5 aromatic rings. The molecule has 19 nitrogen and oxygen atoms in total. The third-order valence-electron chi connectivity index (χ3n) is 8.87. The molecule has 1 aliphatic heterocycles. The van der Waals surface area contributed by atoms with E-state index in [-0.39, 0.29) is 194 Å². The quantitative estimate of drug-likeness (QED) is 0.0468. The minimum absolute atomic E-state index is 0. The zero-order valence-electron chi connectivity index (χ0n) is 37.0. The number of hydrogen-bond donors (Lipinski definition) is 2. The third-order valence-corrected chi connectivity index (χ3v) is 10.2. The Labute approximate surface area is 496 Å². The number of aromatic nitrogens is 3. The molecule has 0 saturated carbocycles. The number of nitrogens with two attached hydrogens (primary N) is 2. The third kappa shape index (κ3) is 15.9. The van der Waals surface area contributed by atoms with Crippen molar-refractivity contribution in [1.82, 2.24) is 15.5 Å². The minimum Gasteiger partial charge on any atom is -1.00 e. The van der Waals surface area contributed by atoms with E-state index in [4.69, 9.17) is 44.4 Å². The van der Waals surface area contributed by atoms with Gasteiger partial charge in [-0.3, -0.25) is 25.0 Å². The molecule has 324 valence electrons. The van der Waals surface area contributed by atoms with Crippen LogP contribution in [0.4, 0.5) is 22.7 Å². The molecule has 3 aromatic heterocycles. The molecule has 4 heterocycles. The monoisotopic (exact) mass is 1270 g/mol. The maximum atomic E-state index is 11.5. The zero-order chi connectivity index (χ0) is 44.4. The van der Waals surface area contributed by atoms with Crippen molar-refractivity contribution in [2.45, 2.75) is 102 Å². The van der Waals surface area contributed by atoms with Gasteiger partial charge in [0, 0.05) is 42.3 Å². The maximum absolute atomic E-state index is 11.5. The smallest absolute Gasteiger partial charge is 1.00 e. The van der Waals surface area contributed by atoms with Crippen LogP contribution < -0.4 is 160 Å². The normalized spacial score (nSPS) is 12.7. The van der Waals surface area contributed by atoms with E-state index in [1.165, 1.54) is 12.1 Å². The van der Waals surface area contributed by atoms with E-state index in [1.807, 2.05) is 78.0 Å². The van der Waals surface area contributed by atoms with Gasteiger partial charge in [-0.05, 0) is 110 Å². The number of nitro groups is 2. The fourth-order valence-electron chi connectivity index (χ4n) is 5.41. The number of nitro benzene ring substituents is 2. The number of nitrogen functional groups attached to an aromatic ring is 2. The molecule has 61 heavy (non-hydrogen) atoms. The van der Waals surface area contributed by atoms with Gasteiger partial charge in [-0.25, -0.2) is 0 Å². The van der Waals surface area contributed by atoms with E-state index in [0.29, 0.717) is 53.2 Å². The first-order valence-electron chi connectivity index (χ1n) is 17.3. The summed E-state index contributed by atoms with van der Waals surface area (Å²) in [6, 6.07) is 6.32. The SMILES string of the molecule is C.CC.Cc1noc(C)c1-c1cc(-c2c(C)noc2C)c(N)c([N+](=O)[O-])c1.Cc1noc(C)c1B1OC(C)(C)C(C)(C)O1.Nc1c(I)cc(Br)cc1[N+](=O)[O-].O=CO[O-].[Cs+].[Cs+].[H-]. The van der Waals surface area contributed by atoms with Crippen molar-refractivity contribution in [3.8, 4) is 22.3 Å². The van der Waals surface area contributed by atoms with Gasteiger partial charge in [-0.15, -0.1) is 0 Å². The summed E-state index contributed by atoms with van der Waals surface area (Å²) in [5.41, 5.74) is 16.4. The fourth-order valence-corrected chi connectivity index (χ4v) is 6.90. The van der Waals surface area contributed by atoms with Crippen LogP contribution in [-0.4, -0.2) is 50.1 Å². The first-order valence-corrected chi connectivity index (χ1v) is 19.2. The van der Waals surface area contributed by atoms with Gasteiger partial charge >= 0.3 is 145 Å². The van der Waals surface area contributed by atoms with Crippen molar-refractivity contribution in [2.75, 3.05) is 11.5 Å². The number of anilines is 2. The van der Waals surface area contributed by atoms with E-state index in [0.717, 1.165) is 16.9 Å². The molecular weight excluding hydrogens is 1220 g/mol. The molecule has 0 radical (unpaired) electrons. The standard InChI is InChI=1S/C16H16N4O4.C11H18BNO3.C6H4BrIN2O2.C2H6.CH2O3.CH4.2Cs.H/c1-7-14(9(3)23-18-7)11-5-12(15-8(2)19-24-10(15)4)16(17)13(6-11)20(21)22;1-7-9(8(2)14-13-7)12-15-10(3,4)11(5,6)16-12;7-3-1-4(8)6(9)5(2-3)10(11)12;1-2;2-1-4-3;;;;/h5-6H,17H2,1-4H3;1-6H3;1-2H,9H2;1-2H3;1,3H;1H4;;;/q;;;;;;2*+1;-1/p-1. The first-order chi connectivity index (χ1) is 27.0. The first kappa shape index (κ1) is 62.3. The van der Waals surface area contributed by atoms with E-state index in [1.54, 1.807) is 39.8 Å². The second-order valence-corrected chi connectivity index (χ2v) is 15.3. The zero-order valence-corrected chi connectivity index (χ0v) is 52.3. The summed E-state index contributed by atoms with van der Waals surface area (Å²) in [4.78, 5) is 32.1. The fraction of sp³-hybridized carbons (Fsp3) is 0.405. The van der Waals surface area contributed by atoms with Gasteiger partial charge in [0.1, 0.15) is 28.7 Å². The van der Waals surface area contributed by atoms with Crippen molar-refractivity contribution in [1.29, 1.82) is 0 Å². The summed E-state index contributed by atoms with van der Waals surface area (Å²) < 4.78 is 28.7. The molecule has 4 N–H and O–H groups in total. The molecular formula is C37H50BBrCs2IN7O12. The van der Waals surface area contributed by atoms with Gasteiger partial charge in [0.2, 0.25) is 0 Å². The van der Waals surface area contributed by atoms with Crippen LogP contribution in [0.5, 0.6) is 0 Å². The molecule has 0 bridgehead atoms. The number of aryl methyl sites for hydroxylation is 6. The van der Waals surface area contributed by atoms with Gasteiger partial charge in [-0.2, -0.15) is 0 Å². The Balaban J connectivity index is -0.000000804. The molecule has 1 aliphatic rings. The van der Waals surface area contributed by atoms with Crippen LogP contribution >= 0.6 is 38.5 Å². The van der Waals surface area contributed by atoms with Gasteiger partial charge in [0.15, 0.2) is 0 Å². The van der Waals surface area contributed by atoms with Crippen LogP contribution in [-0.2, 0) is 19.0 Å². The summed E-state index contributed by atoms with van der Waals surface area (Å²) >= 11 is 5.10. The second kappa shape index (κ2) is 27.6. The number of rotatable bonds is 6. The second-order valence-electron chi connectivity index (χ2n) is 13.2. The number of benzene rings is 2. The average Bonchev–Trinajstić information content (AvgIpc) is 3.85. The van der Waals surface area contributed by atoms with Crippen molar-refractivity contribution in [2.24, 2.45) is 0 Å². The molecule has 6 rings (SSSR count). The molecule has 2 aromatic carbocycles. The molecule has 0 atom stereocenters. The van der Waals surface area contributed by atoms with Gasteiger partial charge in [0.25, 0.3) is 17.8 Å². The predicted octanol–water partition coefficient (Wildman–Crippen LogP) is 2.07. The number of carbonyl (C=O) groups excluding carboxylic acids is 1. The Morgan fingerprint density at radius 3 is 1.56 bits per heavy atom. The topological polar surface area (TPSA) is 284 Å². The van der Waals surface area contributed by atoms with Crippen molar-refractivity contribution >= 4 is 80.3 Å². The number of nitrogens with zero attached hydrogens (tertiary/aromatic N) is 5. The summed E-state index contributed by atoms with van der Waals surface area (Å²) in [7, 11) is -0.378. The van der Waals surface area contributed by atoms with Gasteiger partial charge < -0.3 is 45.9 Å². The minimum atomic E-state index is -0.501. The van der Waals surface area contributed by atoms with Crippen LogP contribution in [0.2, 0.25) is 0 Å². The Morgan fingerprint density at radius 2 is 1.18 bits per heavy atom. The maximum Gasteiger partial charge on any atom is 1.00 e. The number of carbonyl (C=O) groups is 1. The molecule has 0 aliphatic carbocycles. The molecule has 1 fully saturated rings. The van der Waals surface area contributed by atoms with Gasteiger partial charge in [-0.1, -0.05) is 52.7 Å². The summed E-state index contributed by atoms with van der Waals surface area (Å²) in [6.45, 7) is 22.8. The van der Waals surface area contributed by atoms with E-state index in [9.17, 15) is 20.2 Å². The van der Waals surface area contributed by atoms with Crippen LogP contribution in [0.3, 0.4) is 0 Å². The Morgan fingerprint density at radius 1 is 0.770 bits per heavy atom. The number of hydrogen-bond acceptors (Lipinski definition) is 17. The van der Waals surface area contributed by atoms with Crippen molar-refractivity contribution in [3.05, 3.63) is 86.9 Å². The summed E-state index contributed by atoms with van der Waals surface area (Å²) in [5, 5.41) is 42.0. The van der Waals surface area contributed by atoms with E-state index < -0.39 is 9.85 Å². The Bertz CT molecular complexity index is 2190. The van der Waals surface area contributed by atoms with Crippen LogP contribution in [0, 0.1) is 65.3 Å². The van der Waals surface area contributed by atoms with E-state index >= 15 is 0 Å². The van der Waals surface area contributed by atoms with Gasteiger partial charge in [0.05, 0.1) is 38.1 Å². The van der Waals surface area contributed by atoms with Crippen molar-refractivity contribution in [3.63, 3.8) is 0 Å². The molecule has 0 unspecified atom stereocenters. The van der Waals surface area contributed by atoms with Crippen molar-refractivity contribution < 1.29 is 187 Å². The summed E-state index contributed by atoms with van der Waals surface area (Å²) in [5.74, 6) is 1.89. The molecule has 24 heteroatoms. The van der Waals surface area contributed by atoms with Crippen LogP contribution in [0.1, 0.15) is 84.8 Å². The van der Waals surface area contributed by atoms with Crippen LogP contribution in [0.15, 0.2) is 42.3 Å². The molecule has 0 spiro atoms. The largest absolute Gasteiger partial charge is 1.00 e. The Hall–Kier alpha value is -0.801. The average molecular weight is 1270 g/mol. The molecule has 1 saturated heterocycles. The van der Waals surface area contributed by atoms with Crippen LogP contribution in [0.25, 0.3) is 22.3 Å². The number of halogens is 2. The molecule has 0 amide bonds. The summed E-state index contributed by atoms with van der Waals surface area (Å²) in [6.07, 6.45) is 0.